The molecule has 2 fully saturated rings. The standard InChI is InChI=1S/C27H40O9/c1-8-9-22(30)35-19-11-10-14(2)12-21-27(36-21,16(4)25(32)33-7)24(31)23-15(3)18(29)13-20(26(19,23)6)34-17(5)28/h12,15-16,18-21,23,29H,8-11,13H2,1-7H3/t15-,16+,18-,19+,20+,21-,23-,26+,27+/m1/s1. The second kappa shape index (κ2) is 10.6. The second-order valence-corrected chi connectivity index (χ2v) is 10.8. The average Bonchev–Trinajstić information content (AvgIpc) is 3.53. The maximum absolute atomic E-state index is 14.5. The third kappa shape index (κ3) is 4.84. The van der Waals surface area contributed by atoms with E-state index < -0.39 is 71.1 Å². The van der Waals surface area contributed by atoms with Crippen LogP contribution in [-0.2, 0) is 38.1 Å². The van der Waals surface area contributed by atoms with E-state index in [2.05, 4.69) is 0 Å². The number of carbonyl (C=O) groups excluding carboxylic acids is 4. The minimum Gasteiger partial charge on any atom is -0.469 e. The number of ether oxygens (including phenoxy) is 4. The highest BCUT2D eigenvalue weighted by atomic mass is 16.6. The highest BCUT2D eigenvalue weighted by Gasteiger charge is 2.72. The molecule has 9 atom stereocenters. The smallest absolute Gasteiger partial charge is 0.311 e. The summed E-state index contributed by atoms with van der Waals surface area (Å²) in [7, 11) is 1.26. The minimum atomic E-state index is -1.48. The van der Waals surface area contributed by atoms with E-state index in [-0.39, 0.29) is 18.6 Å². The Kier molecular flexibility index (Phi) is 8.35. The van der Waals surface area contributed by atoms with Crippen LogP contribution < -0.4 is 0 Å². The Morgan fingerprint density at radius 3 is 2.50 bits per heavy atom. The fraction of sp³-hybridized carbons (Fsp3) is 0.778. The van der Waals surface area contributed by atoms with Crippen LogP contribution >= 0.6 is 0 Å². The van der Waals surface area contributed by atoms with Gasteiger partial charge in [-0.15, -0.1) is 0 Å². The van der Waals surface area contributed by atoms with Crippen LogP contribution in [0, 0.1) is 23.2 Å². The Morgan fingerprint density at radius 2 is 1.92 bits per heavy atom. The van der Waals surface area contributed by atoms with Crippen molar-refractivity contribution >= 4 is 23.7 Å². The summed E-state index contributed by atoms with van der Waals surface area (Å²) < 4.78 is 22.7. The van der Waals surface area contributed by atoms with Gasteiger partial charge in [0.2, 0.25) is 0 Å². The number of ketones is 1. The van der Waals surface area contributed by atoms with Crippen molar-refractivity contribution in [3.05, 3.63) is 11.6 Å². The first-order chi connectivity index (χ1) is 16.8. The number of Topliss-reactive ketones (excluding diaryl/α,β-unsaturated/α-hetero) is 1. The lowest BCUT2D eigenvalue weighted by Crippen LogP contribution is -2.64. The molecule has 1 saturated carbocycles. The van der Waals surface area contributed by atoms with Crippen LogP contribution in [0.4, 0.5) is 0 Å². The van der Waals surface area contributed by atoms with Crippen molar-refractivity contribution in [2.45, 2.75) is 104 Å². The first-order valence-corrected chi connectivity index (χ1v) is 12.9. The number of esters is 3. The first-order valence-electron chi connectivity index (χ1n) is 12.9. The lowest BCUT2D eigenvalue weighted by atomic mass is 9.54. The van der Waals surface area contributed by atoms with Gasteiger partial charge in [0.25, 0.3) is 0 Å². The van der Waals surface area contributed by atoms with Gasteiger partial charge in [-0.2, -0.15) is 0 Å². The van der Waals surface area contributed by atoms with Gasteiger partial charge in [0, 0.05) is 25.7 Å². The van der Waals surface area contributed by atoms with E-state index in [1.54, 1.807) is 20.8 Å². The molecular weight excluding hydrogens is 468 g/mol. The second-order valence-electron chi connectivity index (χ2n) is 10.8. The molecule has 1 heterocycles. The summed E-state index contributed by atoms with van der Waals surface area (Å²) in [5.74, 6) is -4.31. The Morgan fingerprint density at radius 1 is 1.25 bits per heavy atom. The van der Waals surface area contributed by atoms with E-state index in [0.29, 0.717) is 19.3 Å². The van der Waals surface area contributed by atoms with Gasteiger partial charge in [0.15, 0.2) is 11.4 Å². The predicted octanol–water partition coefficient (Wildman–Crippen LogP) is 2.91. The van der Waals surface area contributed by atoms with E-state index >= 15 is 0 Å². The van der Waals surface area contributed by atoms with Crippen LogP contribution in [0.2, 0.25) is 0 Å². The molecular formula is C27H40O9. The van der Waals surface area contributed by atoms with Gasteiger partial charge < -0.3 is 24.1 Å². The van der Waals surface area contributed by atoms with E-state index in [4.69, 9.17) is 18.9 Å². The minimum absolute atomic E-state index is 0.0987. The summed E-state index contributed by atoms with van der Waals surface area (Å²) in [4.78, 5) is 52.0. The molecule has 9 nitrogen and oxygen atoms in total. The lowest BCUT2D eigenvalue weighted by molar-refractivity contribution is -0.207. The van der Waals surface area contributed by atoms with E-state index in [1.807, 2.05) is 19.9 Å². The van der Waals surface area contributed by atoms with Gasteiger partial charge in [-0.25, -0.2) is 0 Å². The number of hydrogen-bond acceptors (Lipinski definition) is 9. The number of rotatable bonds is 6. The average molecular weight is 509 g/mol. The molecule has 0 aromatic rings. The molecule has 0 aromatic carbocycles. The monoisotopic (exact) mass is 508 g/mol. The van der Waals surface area contributed by atoms with Crippen molar-refractivity contribution in [1.29, 1.82) is 0 Å². The van der Waals surface area contributed by atoms with Crippen molar-refractivity contribution in [2.75, 3.05) is 7.11 Å². The van der Waals surface area contributed by atoms with Gasteiger partial charge in [-0.3, -0.25) is 19.2 Å². The summed E-state index contributed by atoms with van der Waals surface area (Å²) in [5.41, 5.74) is -1.72. The van der Waals surface area contributed by atoms with Crippen molar-refractivity contribution in [2.24, 2.45) is 23.2 Å². The Balaban J connectivity index is 2.22. The van der Waals surface area contributed by atoms with Gasteiger partial charge >= 0.3 is 17.9 Å². The summed E-state index contributed by atoms with van der Waals surface area (Å²) >= 11 is 0. The summed E-state index contributed by atoms with van der Waals surface area (Å²) in [5, 5.41) is 11.0. The van der Waals surface area contributed by atoms with Crippen LogP contribution in [-0.4, -0.2) is 65.9 Å². The number of carbonyl (C=O) groups is 4. The number of allylic oxidation sites excluding steroid dienone is 1. The predicted molar refractivity (Wildman–Crippen MR) is 129 cm³/mol. The molecule has 36 heavy (non-hydrogen) atoms. The third-order valence-electron chi connectivity index (χ3n) is 8.47. The number of hydrogen-bond donors (Lipinski definition) is 1. The molecule has 0 amide bonds. The van der Waals surface area contributed by atoms with Gasteiger partial charge in [-0.05, 0) is 39.0 Å². The molecule has 0 spiro atoms. The SMILES string of the molecule is CCCC(=O)O[C@H]1CCC(C)=C[C@H]2O[C@]2([C@@H](C)C(=O)OC)C(=O)[C@H]2[C@H](C)[C@H](O)C[C@H](OC(C)=O)[C@]12C. The van der Waals surface area contributed by atoms with E-state index in [0.717, 1.165) is 5.57 Å². The number of aliphatic hydroxyl groups excluding tert-OH is 1. The molecule has 3 rings (SSSR count). The third-order valence-corrected chi connectivity index (χ3v) is 8.47. The lowest BCUT2D eigenvalue weighted by Gasteiger charge is -2.54. The normalized spacial score (nSPS) is 39.0. The van der Waals surface area contributed by atoms with Crippen molar-refractivity contribution < 1.29 is 43.2 Å². The molecule has 0 radical (unpaired) electrons. The quantitative estimate of drug-likeness (QED) is 0.249. The van der Waals surface area contributed by atoms with Crippen LogP contribution in [0.15, 0.2) is 11.6 Å². The van der Waals surface area contributed by atoms with Gasteiger partial charge in [0.05, 0.1) is 24.5 Å². The number of aliphatic hydroxyl groups is 1. The summed E-state index contributed by atoms with van der Waals surface area (Å²) in [6.45, 7) is 10.2. The van der Waals surface area contributed by atoms with Crippen molar-refractivity contribution in [3.63, 3.8) is 0 Å². The van der Waals surface area contributed by atoms with Gasteiger partial charge in [0.1, 0.15) is 18.3 Å². The number of methoxy groups -OCH3 is 1. The van der Waals surface area contributed by atoms with E-state index in [9.17, 15) is 24.3 Å². The fourth-order valence-corrected chi connectivity index (χ4v) is 6.29. The fourth-order valence-electron chi connectivity index (χ4n) is 6.29. The topological polar surface area (TPSA) is 129 Å². The molecule has 1 saturated heterocycles. The van der Waals surface area contributed by atoms with Crippen molar-refractivity contribution in [1.82, 2.24) is 0 Å². The Hall–Kier alpha value is -2.26. The zero-order chi connectivity index (χ0) is 27.0. The van der Waals surface area contributed by atoms with Crippen LogP contribution in [0.3, 0.4) is 0 Å². The maximum Gasteiger partial charge on any atom is 0.311 e. The molecule has 3 aliphatic rings. The zero-order valence-corrected chi connectivity index (χ0v) is 22.4. The number of fused-ring (bicyclic) bond motifs is 2. The van der Waals surface area contributed by atoms with Crippen LogP contribution in [0.25, 0.3) is 0 Å². The molecule has 1 N–H and O–H groups in total. The zero-order valence-electron chi connectivity index (χ0n) is 22.4. The molecule has 2 aliphatic carbocycles. The van der Waals surface area contributed by atoms with Crippen molar-refractivity contribution in [3.8, 4) is 0 Å². The van der Waals surface area contributed by atoms with Crippen LogP contribution in [0.5, 0.6) is 0 Å². The Bertz CT molecular complexity index is 926. The molecule has 0 bridgehead atoms. The molecule has 9 heteroatoms. The molecule has 0 aromatic heterocycles. The summed E-state index contributed by atoms with van der Waals surface area (Å²) in [6.07, 6.45) is 0.478. The highest BCUT2D eigenvalue weighted by molar-refractivity contribution is 5.98. The largest absolute Gasteiger partial charge is 0.469 e. The first kappa shape index (κ1) is 28.3. The summed E-state index contributed by atoms with van der Waals surface area (Å²) in [6, 6.07) is 0. The molecule has 1 aliphatic heterocycles. The maximum atomic E-state index is 14.5. The van der Waals surface area contributed by atoms with E-state index in [1.165, 1.54) is 14.0 Å². The molecule has 202 valence electrons. The Labute approximate surface area is 212 Å². The number of epoxide rings is 1. The van der Waals surface area contributed by atoms with Gasteiger partial charge in [-0.1, -0.05) is 32.4 Å². The molecule has 0 unspecified atom stereocenters. The highest BCUT2D eigenvalue weighted by Crippen LogP contribution is 2.57. The van der Waals surface area contributed by atoms with Crippen LogP contribution in [0.1, 0.15) is 73.6 Å².